The van der Waals surface area contributed by atoms with Crippen molar-refractivity contribution in [1.82, 2.24) is 4.98 Å². The lowest BCUT2D eigenvalue weighted by atomic mass is 10.1. The number of aromatic hydroxyl groups is 1. The summed E-state index contributed by atoms with van der Waals surface area (Å²) < 4.78 is 10.7. The number of esters is 1. The van der Waals surface area contributed by atoms with Gasteiger partial charge in [-0.3, -0.25) is 0 Å². The van der Waals surface area contributed by atoms with Crippen LogP contribution in [0.15, 0.2) is 48.7 Å². The monoisotopic (exact) mass is 343 g/mol. The summed E-state index contributed by atoms with van der Waals surface area (Å²) >= 11 is 5.87. The number of nitrogens with zero attached hydrogens (tertiary/aromatic N) is 1. The molecule has 3 aromatic rings. The molecule has 122 valence electrons. The number of carbonyl (C=O) groups excluding carboxylic acids is 1. The SMILES string of the molecule is CCOC(=O)c1ncc2cccc(Oc3ccc(Cl)cc3)c2c1O. The lowest BCUT2D eigenvalue weighted by molar-refractivity contribution is 0.0516. The van der Waals surface area contributed by atoms with Crippen LogP contribution < -0.4 is 4.74 Å². The summed E-state index contributed by atoms with van der Waals surface area (Å²) in [6.07, 6.45) is 1.50. The fourth-order valence-corrected chi connectivity index (χ4v) is 2.41. The van der Waals surface area contributed by atoms with Crippen LogP contribution >= 0.6 is 11.6 Å². The third kappa shape index (κ3) is 3.12. The minimum Gasteiger partial charge on any atom is -0.505 e. The van der Waals surface area contributed by atoms with Crippen LogP contribution in [0.1, 0.15) is 17.4 Å². The van der Waals surface area contributed by atoms with E-state index in [2.05, 4.69) is 4.98 Å². The first-order valence-corrected chi connectivity index (χ1v) is 7.69. The fraction of sp³-hybridized carbons (Fsp3) is 0.111. The van der Waals surface area contributed by atoms with E-state index in [0.717, 1.165) is 0 Å². The van der Waals surface area contributed by atoms with Gasteiger partial charge in [0.1, 0.15) is 11.5 Å². The zero-order valence-corrected chi connectivity index (χ0v) is 13.6. The summed E-state index contributed by atoms with van der Waals surface area (Å²) in [6.45, 7) is 1.88. The molecule has 5 nitrogen and oxygen atoms in total. The van der Waals surface area contributed by atoms with Gasteiger partial charge in [0.05, 0.1) is 12.0 Å². The lowest BCUT2D eigenvalue weighted by Gasteiger charge is -2.12. The van der Waals surface area contributed by atoms with Gasteiger partial charge in [-0.15, -0.1) is 0 Å². The predicted octanol–water partition coefficient (Wildman–Crippen LogP) is 4.56. The molecule has 0 unspecified atom stereocenters. The first kappa shape index (κ1) is 16.1. The number of benzene rings is 2. The molecule has 0 bridgehead atoms. The summed E-state index contributed by atoms with van der Waals surface area (Å²) in [5.41, 5.74) is -0.142. The third-order valence-electron chi connectivity index (χ3n) is 3.36. The van der Waals surface area contributed by atoms with E-state index in [0.29, 0.717) is 27.3 Å². The molecule has 24 heavy (non-hydrogen) atoms. The molecule has 0 fully saturated rings. The Labute approximate surface area is 143 Å². The number of halogens is 1. The number of rotatable bonds is 4. The van der Waals surface area contributed by atoms with Crippen LogP contribution in [0.4, 0.5) is 0 Å². The van der Waals surface area contributed by atoms with Gasteiger partial charge >= 0.3 is 5.97 Å². The Kier molecular flexibility index (Phi) is 4.53. The van der Waals surface area contributed by atoms with E-state index in [9.17, 15) is 9.90 Å². The van der Waals surface area contributed by atoms with Gasteiger partial charge < -0.3 is 14.6 Å². The molecule has 0 aliphatic heterocycles. The van der Waals surface area contributed by atoms with E-state index >= 15 is 0 Å². The maximum absolute atomic E-state index is 11.9. The van der Waals surface area contributed by atoms with Gasteiger partial charge in [0.25, 0.3) is 0 Å². The molecule has 3 rings (SSSR count). The van der Waals surface area contributed by atoms with E-state index in [4.69, 9.17) is 21.1 Å². The number of hydrogen-bond acceptors (Lipinski definition) is 5. The highest BCUT2D eigenvalue weighted by Gasteiger charge is 2.19. The van der Waals surface area contributed by atoms with Crippen molar-refractivity contribution in [3.63, 3.8) is 0 Å². The minimum atomic E-state index is -0.682. The summed E-state index contributed by atoms with van der Waals surface area (Å²) in [6, 6.07) is 12.1. The van der Waals surface area contributed by atoms with Gasteiger partial charge in [0, 0.05) is 16.6 Å². The van der Waals surface area contributed by atoms with E-state index in [1.165, 1.54) is 6.20 Å². The second kappa shape index (κ2) is 6.76. The molecule has 0 amide bonds. The van der Waals surface area contributed by atoms with Crippen LogP contribution in [0, 0.1) is 0 Å². The summed E-state index contributed by atoms with van der Waals surface area (Å²) in [4.78, 5) is 15.9. The van der Waals surface area contributed by atoms with Crippen molar-refractivity contribution in [3.05, 3.63) is 59.4 Å². The minimum absolute atomic E-state index is 0.142. The van der Waals surface area contributed by atoms with Crippen LogP contribution in [0.5, 0.6) is 17.2 Å². The third-order valence-corrected chi connectivity index (χ3v) is 3.61. The average Bonchev–Trinajstić information content (AvgIpc) is 2.57. The highest BCUT2D eigenvalue weighted by atomic mass is 35.5. The standard InChI is InChI=1S/C18H14ClNO4/c1-2-23-18(22)16-17(21)15-11(10-20-16)4-3-5-14(15)24-13-8-6-12(19)7-9-13/h3-10,21H,2H2,1H3. The summed E-state index contributed by atoms with van der Waals surface area (Å²) in [7, 11) is 0. The van der Waals surface area contributed by atoms with E-state index in [1.807, 2.05) is 0 Å². The summed E-state index contributed by atoms with van der Waals surface area (Å²) in [5.74, 6) is 0.00905. The second-order valence-corrected chi connectivity index (χ2v) is 5.39. The molecule has 0 aliphatic rings. The molecular formula is C18H14ClNO4. The zero-order valence-electron chi connectivity index (χ0n) is 12.8. The molecule has 0 spiro atoms. The highest BCUT2D eigenvalue weighted by Crippen LogP contribution is 2.37. The van der Waals surface area contributed by atoms with Crippen molar-refractivity contribution >= 4 is 28.3 Å². The van der Waals surface area contributed by atoms with E-state index in [1.54, 1.807) is 49.4 Å². The Morgan fingerprint density at radius 2 is 1.96 bits per heavy atom. The number of pyridine rings is 1. The number of fused-ring (bicyclic) bond motifs is 1. The van der Waals surface area contributed by atoms with Crippen LogP contribution in [-0.2, 0) is 4.74 Å². The van der Waals surface area contributed by atoms with Crippen molar-refractivity contribution in [3.8, 4) is 17.2 Å². The molecule has 2 aromatic carbocycles. The van der Waals surface area contributed by atoms with Gasteiger partial charge in [0.2, 0.25) is 0 Å². The maximum atomic E-state index is 11.9. The molecule has 1 N–H and O–H groups in total. The predicted molar refractivity (Wildman–Crippen MR) is 90.9 cm³/mol. The van der Waals surface area contributed by atoms with Gasteiger partial charge in [-0.05, 0) is 37.3 Å². The number of aromatic nitrogens is 1. The highest BCUT2D eigenvalue weighted by molar-refractivity contribution is 6.30. The molecule has 0 atom stereocenters. The van der Waals surface area contributed by atoms with Crippen molar-refractivity contribution in [2.24, 2.45) is 0 Å². The Bertz CT molecular complexity index is 893. The molecule has 0 saturated heterocycles. The van der Waals surface area contributed by atoms with Gasteiger partial charge in [-0.2, -0.15) is 0 Å². The molecule has 0 radical (unpaired) electrons. The Morgan fingerprint density at radius 3 is 2.67 bits per heavy atom. The molecule has 0 saturated carbocycles. The Balaban J connectivity index is 2.09. The average molecular weight is 344 g/mol. The first-order valence-electron chi connectivity index (χ1n) is 7.31. The van der Waals surface area contributed by atoms with Crippen molar-refractivity contribution in [2.75, 3.05) is 6.61 Å². The zero-order chi connectivity index (χ0) is 17.1. The van der Waals surface area contributed by atoms with Gasteiger partial charge in [-0.1, -0.05) is 23.7 Å². The molecule has 0 aliphatic carbocycles. The van der Waals surface area contributed by atoms with Crippen LogP contribution in [0.2, 0.25) is 5.02 Å². The van der Waals surface area contributed by atoms with Crippen molar-refractivity contribution in [1.29, 1.82) is 0 Å². The van der Waals surface area contributed by atoms with Crippen LogP contribution in [0.25, 0.3) is 10.8 Å². The van der Waals surface area contributed by atoms with Crippen molar-refractivity contribution in [2.45, 2.75) is 6.92 Å². The first-order chi connectivity index (χ1) is 11.6. The maximum Gasteiger partial charge on any atom is 0.360 e. The smallest absolute Gasteiger partial charge is 0.360 e. The van der Waals surface area contributed by atoms with Crippen molar-refractivity contribution < 1.29 is 19.4 Å². The van der Waals surface area contributed by atoms with Crippen LogP contribution in [-0.4, -0.2) is 22.7 Å². The quantitative estimate of drug-likeness (QED) is 0.703. The molecular weight excluding hydrogens is 330 g/mol. The second-order valence-electron chi connectivity index (χ2n) is 4.95. The molecule has 1 aromatic heterocycles. The number of hydrogen-bond donors (Lipinski definition) is 1. The van der Waals surface area contributed by atoms with E-state index in [-0.39, 0.29) is 18.1 Å². The van der Waals surface area contributed by atoms with Gasteiger partial charge in [-0.25, -0.2) is 9.78 Å². The molecule has 6 heteroatoms. The Morgan fingerprint density at radius 1 is 1.21 bits per heavy atom. The van der Waals surface area contributed by atoms with Gasteiger partial charge in [0.15, 0.2) is 11.4 Å². The number of carbonyl (C=O) groups is 1. The Hall–Kier alpha value is -2.79. The number of ether oxygens (including phenoxy) is 2. The van der Waals surface area contributed by atoms with E-state index < -0.39 is 5.97 Å². The summed E-state index contributed by atoms with van der Waals surface area (Å²) in [5, 5.41) is 12.1. The van der Waals surface area contributed by atoms with Crippen LogP contribution in [0.3, 0.4) is 0 Å². The fourth-order valence-electron chi connectivity index (χ4n) is 2.29. The molecule has 1 heterocycles. The largest absolute Gasteiger partial charge is 0.505 e. The topological polar surface area (TPSA) is 68.7 Å². The lowest BCUT2D eigenvalue weighted by Crippen LogP contribution is -2.07. The normalized spacial score (nSPS) is 10.6.